The molecule has 0 N–H and O–H groups in total. The molecule has 0 saturated carbocycles. The second-order valence-corrected chi connectivity index (χ2v) is 4.20. The summed E-state index contributed by atoms with van der Waals surface area (Å²) >= 11 is 0. The third kappa shape index (κ3) is 4.16. The average molecular weight is 251 g/mol. The number of hydrogen-bond donors (Lipinski definition) is 0. The molecule has 0 aromatic heterocycles. The summed E-state index contributed by atoms with van der Waals surface area (Å²) in [6.07, 6.45) is 0.774. The van der Waals surface area contributed by atoms with Crippen molar-refractivity contribution in [3.05, 3.63) is 39.9 Å². The van der Waals surface area contributed by atoms with E-state index in [9.17, 15) is 14.9 Å². The molecule has 1 atom stereocenters. The Labute approximate surface area is 106 Å². The van der Waals surface area contributed by atoms with E-state index in [1.54, 1.807) is 25.1 Å². The molecular weight excluding hydrogens is 234 g/mol. The lowest BCUT2D eigenvalue weighted by molar-refractivity contribution is -0.385. The highest BCUT2D eigenvalue weighted by Crippen LogP contribution is 2.22. The summed E-state index contributed by atoms with van der Waals surface area (Å²) in [5.74, 6) is -0.242. The summed E-state index contributed by atoms with van der Waals surface area (Å²) in [4.78, 5) is 21.8. The summed E-state index contributed by atoms with van der Waals surface area (Å²) < 4.78 is 4.86. The van der Waals surface area contributed by atoms with E-state index >= 15 is 0 Å². The minimum atomic E-state index is -0.396. The number of nitro groups is 1. The third-order valence-corrected chi connectivity index (χ3v) is 2.58. The van der Waals surface area contributed by atoms with Crippen molar-refractivity contribution in [3.8, 4) is 0 Å². The van der Waals surface area contributed by atoms with Crippen LogP contribution in [0, 0.1) is 16.0 Å². The molecule has 5 heteroatoms. The van der Waals surface area contributed by atoms with Crippen molar-refractivity contribution in [1.29, 1.82) is 0 Å². The lowest BCUT2D eigenvalue weighted by Crippen LogP contribution is -2.11. The summed E-state index contributed by atoms with van der Waals surface area (Å²) in [5, 5.41) is 10.8. The van der Waals surface area contributed by atoms with Gasteiger partial charge in [-0.25, -0.2) is 0 Å². The molecule has 0 amide bonds. The number of para-hydroxylation sites is 1. The molecule has 1 unspecified atom stereocenters. The van der Waals surface area contributed by atoms with Gasteiger partial charge in [0.25, 0.3) is 5.69 Å². The van der Waals surface area contributed by atoms with Crippen molar-refractivity contribution in [2.45, 2.75) is 26.7 Å². The van der Waals surface area contributed by atoms with Crippen molar-refractivity contribution < 1.29 is 14.5 Å². The van der Waals surface area contributed by atoms with Crippen molar-refractivity contribution in [1.82, 2.24) is 0 Å². The number of carbonyl (C=O) groups is 1. The number of carbonyl (C=O) groups excluding carboxylic acids is 1. The van der Waals surface area contributed by atoms with Gasteiger partial charge in [0.2, 0.25) is 0 Å². The molecule has 0 radical (unpaired) electrons. The number of benzene rings is 1. The maximum atomic E-state index is 11.3. The Morgan fingerprint density at radius 3 is 2.72 bits per heavy atom. The lowest BCUT2D eigenvalue weighted by Gasteiger charge is -2.10. The molecule has 0 fully saturated rings. The molecule has 98 valence electrons. The third-order valence-electron chi connectivity index (χ3n) is 2.58. The standard InChI is InChI=1S/C13H17NO4/c1-3-18-13(15)9-10(2)8-11-6-4-5-7-12(11)14(16)17/h4-7,10H,3,8-9H2,1-2H3. The van der Waals surface area contributed by atoms with Crippen LogP contribution in [-0.2, 0) is 16.0 Å². The molecule has 18 heavy (non-hydrogen) atoms. The SMILES string of the molecule is CCOC(=O)CC(C)Cc1ccccc1[N+](=O)[O-]. The Balaban J connectivity index is 2.67. The lowest BCUT2D eigenvalue weighted by atomic mass is 9.97. The van der Waals surface area contributed by atoms with E-state index in [1.165, 1.54) is 6.07 Å². The summed E-state index contributed by atoms with van der Waals surface area (Å²) in [7, 11) is 0. The van der Waals surface area contributed by atoms with E-state index in [-0.39, 0.29) is 24.0 Å². The van der Waals surface area contributed by atoms with Gasteiger partial charge in [0.1, 0.15) is 0 Å². The second-order valence-electron chi connectivity index (χ2n) is 4.20. The number of nitrogens with zero attached hydrogens (tertiary/aromatic N) is 1. The fourth-order valence-corrected chi connectivity index (χ4v) is 1.81. The maximum absolute atomic E-state index is 11.3. The number of esters is 1. The minimum Gasteiger partial charge on any atom is -0.466 e. The van der Waals surface area contributed by atoms with Crippen LogP contribution in [0.3, 0.4) is 0 Å². The van der Waals surface area contributed by atoms with E-state index in [0.717, 1.165) is 0 Å². The van der Waals surface area contributed by atoms with E-state index in [0.29, 0.717) is 18.6 Å². The molecule has 1 aromatic carbocycles. The van der Waals surface area contributed by atoms with Crippen LogP contribution in [0.15, 0.2) is 24.3 Å². The molecule has 0 saturated heterocycles. The largest absolute Gasteiger partial charge is 0.466 e. The van der Waals surface area contributed by atoms with Crippen molar-refractivity contribution >= 4 is 11.7 Å². The van der Waals surface area contributed by atoms with Gasteiger partial charge in [-0.2, -0.15) is 0 Å². The molecule has 0 aliphatic carbocycles. The van der Waals surface area contributed by atoms with Gasteiger partial charge in [-0.1, -0.05) is 25.1 Å². The van der Waals surface area contributed by atoms with E-state index < -0.39 is 4.92 Å². The zero-order chi connectivity index (χ0) is 13.5. The van der Waals surface area contributed by atoms with Crippen molar-refractivity contribution in [3.63, 3.8) is 0 Å². The predicted octanol–water partition coefficient (Wildman–Crippen LogP) is 2.73. The highest BCUT2D eigenvalue weighted by molar-refractivity contribution is 5.69. The fourth-order valence-electron chi connectivity index (χ4n) is 1.81. The first-order chi connectivity index (χ1) is 8.54. The fraction of sp³-hybridized carbons (Fsp3) is 0.462. The van der Waals surface area contributed by atoms with Gasteiger partial charge in [0.15, 0.2) is 0 Å². The molecule has 1 aromatic rings. The smallest absolute Gasteiger partial charge is 0.306 e. The first-order valence-corrected chi connectivity index (χ1v) is 5.92. The highest BCUT2D eigenvalue weighted by atomic mass is 16.6. The minimum absolute atomic E-state index is 0.0187. The Morgan fingerprint density at radius 1 is 1.44 bits per heavy atom. The Hall–Kier alpha value is -1.91. The first kappa shape index (κ1) is 14.2. The van der Waals surface area contributed by atoms with Crippen LogP contribution in [0.5, 0.6) is 0 Å². The normalized spacial score (nSPS) is 11.9. The van der Waals surface area contributed by atoms with E-state index in [2.05, 4.69) is 0 Å². The summed E-state index contributed by atoms with van der Waals surface area (Å²) in [6, 6.07) is 6.60. The van der Waals surface area contributed by atoms with Crippen LogP contribution in [0.2, 0.25) is 0 Å². The molecule has 0 spiro atoms. The Kier molecular flexibility index (Phi) is 5.30. The highest BCUT2D eigenvalue weighted by Gasteiger charge is 2.17. The van der Waals surface area contributed by atoms with Gasteiger partial charge < -0.3 is 4.74 Å². The quantitative estimate of drug-likeness (QED) is 0.443. The molecular formula is C13H17NO4. The second kappa shape index (κ2) is 6.74. The van der Waals surface area contributed by atoms with E-state index in [1.807, 2.05) is 6.92 Å². The van der Waals surface area contributed by atoms with Gasteiger partial charge in [0, 0.05) is 18.1 Å². The van der Waals surface area contributed by atoms with Crippen molar-refractivity contribution in [2.24, 2.45) is 5.92 Å². The van der Waals surface area contributed by atoms with Crippen LogP contribution in [0.4, 0.5) is 5.69 Å². The molecule has 1 rings (SSSR count). The van der Waals surface area contributed by atoms with Gasteiger partial charge in [-0.3, -0.25) is 14.9 Å². The van der Waals surface area contributed by atoms with Crippen LogP contribution in [0.1, 0.15) is 25.8 Å². The number of rotatable bonds is 6. The maximum Gasteiger partial charge on any atom is 0.306 e. The van der Waals surface area contributed by atoms with Gasteiger partial charge in [-0.15, -0.1) is 0 Å². The van der Waals surface area contributed by atoms with Gasteiger partial charge >= 0.3 is 5.97 Å². The zero-order valence-corrected chi connectivity index (χ0v) is 10.6. The first-order valence-electron chi connectivity index (χ1n) is 5.92. The van der Waals surface area contributed by atoms with E-state index in [4.69, 9.17) is 4.74 Å². The molecule has 0 aliphatic rings. The summed E-state index contributed by atoms with van der Waals surface area (Å²) in [5.41, 5.74) is 0.757. The van der Waals surface area contributed by atoms with Crippen LogP contribution in [0.25, 0.3) is 0 Å². The summed E-state index contributed by atoms with van der Waals surface area (Å²) in [6.45, 7) is 4.00. The monoisotopic (exact) mass is 251 g/mol. The number of nitro benzene ring substituents is 1. The van der Waals surface area contributed by atoms with Crippen LogP contribution < -0.4 is 0 Å². The number of ether oxygens (including phenoxy) is 1. The predicted molar refractivity (Wildman–Crippen MR) is 67.2 cm³/mol. The Morgan fingerprint density at radius 2 is 2.11 bits per heavy atom. The van der Waals surface area contributed by atoms with Gasteiger partial charge in [0.05, 0.1) is 11.5 Å². The number of hydrogen-bond acceptors (Lipinski definition) is 4. The van der Waals surface area contributed by atoms with Crippen LogP contribution in [-0.4, -0.2) is 17.5 Å². The zero-order valence-electron chi connectivity index (χ0n) is 10.6. The Bertz CT molecular complexity index is 431. The topological polar surface area (TPSA) is 69.4 Å². The molecule has 5 nitrogen and oxygen atoms in total. The van der Waals surface area contributed by atoms with Gasteiger partial charge in [-0.05, 0) is 19.3 Å². The average Bonchev–Trinajstić information content (AvgIpc) is 2.29. The molecule has 0 heterocycles. The molecule has 0 aliphatic heterocycles. The van der Waals surface area contributed by atoms with Crippen LogP contribution >= 0.6 is 0 Å². The molecule has 0 bridgehead atoms. The van der Waals surface area contributed by atoms with Crippen molar-refractivity contribution in [2.75, 3.05) is 6.61 Å².